The Morgan fingerprint density at radius 2 is 2.06 bits per heavy atom. The Bertz CT molecular complexity index is 378. The van der Waals surface area contributed by atoms with Crippen molar-refractivity contribution in [2.45, 2.75) is 0 Å². The number of hydrogen-bond acceptors (Lipinski definition) is 4. The first kappa shape index (κ1) is 11.0. The van der Waals surface area contributed by atoms with Crippen molar-refractivity contribution in [2.24, 2.45) is 0 Å². The molecule has 0 radical (unpaired) electrons. The van der Waals surface area contributed by atoms with Crippen LogP contribution in [0.25, 0.3) is 0 Å². The largest absolute Gasteiger partial charge is 0.495 e. The fraction of sp³-hybridized carbons (Fsp3) is 0.455. The molecule has 4 nitrogen and oxygen atoms in total. The zero-order chi connectivity index (χ0) is 11.5. The van der Waals surface area contributed by atoms with Gasteiger partial charge in [-0.05, 0) is 0 Å². The predicted octanol–water partition coefficient (Wildman–Crippen LogP) is 1.25. The third-order valence-electron chi connectivity index (χ3n) is 2.65. The summed E-state index contributed by atoms with van der Waals surface area (Å²) in [5.41, 5.74) is 6.46. The lowest BCUT2D eigenvalue weighted by molar-refractivity contribution is 0.122. The number of nitrogens with two attached hydrogens (primary N) is 1. The van der Waals surface area contributed by atoms with E-state index in [1.54, 1.807) is 6.07 Å². The maximum atomic E-state index is 13.7. The second kappa shape index (κ2) is 4.57. The summed E-state index contributed by atoms with van der Waals surface area (Å²) in [4.78, 5) is 1.93. The molecule has 0 amide bonds. The molecule has 1 heterocycles. The molecule has 2 N–H and O–H groups in total. The molecular formula is C11H15FN2O2. The predicted molar refractivity (Wildman–Crippen MR) is 60.4 cm³/mol. The number of ether oxygens (including phenoxy) is 2. The van der Waals surface area contributed by atoms with E-state index < -0.39 is 0 Å². The summed E-state index contributed by atoms with van der Waals surface area (Å²) < 4.78 is 24.0. The minimum atomic E-state index is -0.319. The van der Waals surface area contributed by atoms with Crippen LogP contribution >= 0.6 is 0 Å². The smallest absolute Gasteiger partial charge is 0.148 e. The number of nitrogens with zero attached hydrogens (tertiary/aromatic N) is 1. The van der Waals surface area contributed by atoms with Gasteiger partial charge in [0.2, 0.25) is 0 Å². The quantitative estimate of drug-likeness (QED) is 0.771. The van der Waals surface area contributed by atoms with E-state index in [4.69, 9.17) is 15.2 Å². The summed E-state index contributed by atoms with van der Waals surface area (Å²) in [5, 5.41) is 0. The van der Waals surface area contributed by atoms with Crippen LogP contribution in [0.3, 0.4) is 0 Å². The van der Waals surface area contributed by atoms with Crippen molar-refractivity contribution in [1.29, 1.82) is 0 Å². The fourth-order valence-corrected chi connectivity index (χ4v) is 1.78. The minimum Gasteiger partial charge on any atom is -0.495 e. The molecule has 1 aromatic rings. The fourth-order valence-electron chi connectivity index (χ4n) is 1.78. The molecule has 1 aliphatic heterocycles. The topological polar surface area (TPSA) is 47.7 Å². The van der Waals surface area contributed by atoms with Crippen LogP contribution in [0.5, 0.6) is 5.75 Å². The van der Waals surface area contributed by atoms with Gasteiger partial charge in [0, 0.05) is 25.2 Å². The van der Waals surface area contributed by atoms with Crippen LogP contribution in [0, 0.1) is 5.82 Å². The van der Waals surface area contributed by atoms with E-state index in [2.05, 4.69) is 0 Å². The lowest BCUT2D eigenvalue weighted by Gasteiger charge is -2.29. The normalized spacial score (nSPS) is 16.2. The maximum Gasteiger partial charge on any atom is 0.148 e. The molecule has 0 spiro atoms. The summed E-state index contributed by atoms with van der Waals surface area (Å²) in [6.07, 6.45) is 0. The molecule has 88 valence electrons. The van der Waals surface area contributed by atoms with Gasteiger partial charge < -0.3 is 20.1 Å². The second-order valence-corrected chi connectivity index (χ2v) is 3.64. The number of hydrogen-bond donors (Lipinski definition) is 1. The van der Waals surface area contributed by atoms with Gasteiger partial charge in [0.25, 0.3) is 0 Å². The zero-order valence-electron chi connectivity index (χ0n) is 9.20. The monoisotopic (exact) mass is 226 g/mol. The van der Waals surface area contributed by atoms with Gasteiger partial charge in [-0.2, -0.15) is 0 Å². The lowest BCUT2D eigenvalue weighted by atomic mass is 10.2. The van der Waals surface area contributed by atoms with E-state index >= 15 is 0 Å². The first-order valence-electron chi connectivity index (χ1n) is 5.18. The number of morpholine rings is 1. The molecule has 5 heteroatoms. The minimum absolute atomic E-state index is 0.317. The average Bonchev–Trinajstić information content (AvgIpc) is 2.30. The van der Waals surface area contributed by atoms with Gasteiger partial charge in [0.05, 0.1) is 31.7 Å². The molecule has 1 fully saturated rings. The van der Waals surface area contributed by atoms with E-state index in [9.17, 15) is 4.39 Å². The van der Waals surface area contributed by atoms with Crippen LogP contribution in [-0.2, 0) is 4.74 Å². The first-order chi connectivity index (χ1) is 7.72. The van der Waals surface area contributed by atoms with Gasteiger partial charge in [-0.25, -0.2) is 4.39 Å². The Labute approximate surface area is 93.7 Å². The number of halogens is 1. The maximum absolute atomic E-state index is 13.7. The van der Waals surface area contributed by atoms with Crippen LogP contribution in [-0.4, -0.2) is 33.4 Å². The SMILES string of the molecule is COc1cc(N2CCOCC2)c(F)cc1N. The summed E-state index contributed by atoms with van der Waals surface area (Å²) in [6.45, 7) is 2.60. The molecule has 0 aromatic heterocycles. The first-order valence-corrected chi connectivity index (χ1v) is 5.18. The Kier molecular flexibility index (Phi) is 3.14. The highest BCUT2D eigenvalue weighted by molar-refractivity contribution is 5.63. The Morgan fingerprint density at radius 3 is 2.69 bits per heavy atom. The number of anilines is 2. The molecule has 1 aromatic carbocycles. The van der Waals surface area contributed by atoms with Crippen LogP contribution in [0.2, 0.25) is 0 Å². The molecule has 2 rings (SSSR count). The van der Waals surface area contributed by atoms with Crippen molar-refractivity contribution in [3.05, 3.63) is 17.9 Å². The van der Waals surface area contributed by atoms with E-state index in [1.807, 2.05) is 4.90 Å². The van der Waals surface area contributed by atoms with Crippen molar-refractivity contribution in [1.82, 2.24) is 0 Å². The van der Waals surface area contributed by atoms with Crippen molar-refractivity contribution in [3.8, 4) is 5.75 Å². The van der Waals surface area contributed by atoms with E-state index in [1.165, 1.54) is 13.2 Å². The number of rotatable bonds is 2. The standard InChI is InChI=1S/C11H15FN2O2/c1-15-11-7-10(8(12)6-9(11)13)14-2-4-16-5-3-14/h6-7H,2-5,13H2,1H3. The highest BCUT2D eigenvalue weighted by Gasteiger charge is 2.17. The highest BCUT2D eigenvalue weighted by atomic mass is 19.1. The molecule has 1 saturated heterocycles. The molecule has 16 heavy (non-hydrogen) atoms. The Morgan fingerprint density at radius 1 is 1.38 bits per heavy atom. The van der Waals surface area contributed by atoms with Crippen LogP contribution < -0.4 is 15.4 Å². The van der Waals surface area contributed by atoms with E-state index in [-0.39, 0.29) is 5.82 Å². The molecule has 1 aliphatic rings. The van der Waals surface area contributed by atoms with Gasteiger partial charge in [-0.3, -0.25) is 0 Å². The van der Waals surface area contributed by atoms with Crippen LogP contribution in [0.1, 0.15) is 0 Å². The van der Waals surface area contributed by atoms with E-state index in [0.29, 0.717) is 43.4 Å². The van der Waals surface area contributed by atoms with Crippen molar-refractivity contribution >= 4 is 11.4 Å². The number of nitrogen functional groups attached to an aromatic ring is 1. The number of methoxy groups -OCH3 is 1. The van der Waals surface area contributed by atoms with Crippen LogP contribution in [0.4, 0.5) is 15.8 Å². The van der Waals surface area contributed by atoms with Crippen molar-refractivity contribution in [2.75, 3.05) is 44.0 Å². The van der Waals surface area contributed by atoms with Gasteiger partial charge in [-0.1, -0.05) is 0 Å². The van der Waals surface area contributed by atoms with Crippen LogP contribution in [0.15, 0.2) is 12.1 Å². The lowest BCUT2D eigenvalue weighted by Crippen LogP contribution is -2.36. The Balaban J connectivity index is 2.31. The molecule has 0 aliphatic carbocycles. The number of benzene rings is 1. The summed E-state index contributed by atoms with van der Waals surface area (Å²) >= 11 is 0. The van der Waals surface area contributed by atoms with E-state index in [0.717, 1.165) is 0 Å². The zero-order valence-corrected chi connectivity index (χ0v) is 9.20. The van der Waals surface area contributed by atoms with Gasteiger partial charge in [0.15, 0.2) is 0 Å². The third kappa shape index (κ3) is 2.04. The summed E-state index contributed by atoms with van der Waals surface area (Å²) in [7, 11) is 1.52. The average molecular weight is 226 g/mol. The second-order valence-electron chi connectivity index (χ2n) is 3.64. The molecular weight excluding hydrogens is 211 g/mol. The van der Waals surface area contributed by atoms with Gasteiger partial charge >= 0.3 is 0 Å². The van der Waals surface area contributed by atoms with Crippen molar-refractivity contribution in [3.63, 3.8) is 0 Å². The Hall–Kier alpha value is -1.49. The third-order valence-corrected chi connectivity index (χ3v) is 2.65. The molecule has 0 saturated carbocycles. The van der Waals surface area contributed by atoms with Gasteiger partial charge in [0.1, 0.15) is 11.6 Å². The molecule has 0 atom stereocenters. The highest BCUT2D eigenvalue weighted by Crippen LogP contribution is 2.30. The molecule has 0 bridgehead atoms. The molecule has 0 unspecified atom stereocenters. The van der Waals surface area contributed by atoms with Crippen molar-refractivity contribution < 1.29 is 13.9 Å². The summed E-state index contributed by atoms with van der Waals surface area (Å²) in [6, 6.07) is 2.93. The summed E-state index contributed by atoms with van der Waals surface area (Å²) in [5.74, 6) is 0.183. The van der Waals surface area contributed by atoms with Gasteiger partial charge in [-0.15, -0.1) is 0 Å².